The predicted octanol–water partition coefficient (Wildman–Crippen LogP) is 0.0910. The van der Waals surface area contributed by atoms with Crippen molar-refractivity contribution < 1.29 is 34.9 Å². The summed E-state index contributed by atoms with van der Waals surface area (Å²) in [5.74, 6) is -2.10. The van der Waals surface area contributed by atoms with E-state index in [1.165, 1.54) is 19.0 Å². The van der Waals surface area contributed by atoms with Gasteiger partial charge in [0.15, 0.2) is 18.0 Å². The van der Waals surface area contributed by atoms with Crippen LogP contribution < -0.4 is 0 Å². The zero-order chi connectivity index (χ0) is 22.1. The number of aliphatic carboxylic acids is 2. The number of hydrogen-bond donors (Lipinski definition) is 4. The van der Waals surface area contributed by atoms with E-state index in [2.05, 4.69) is 9.88 Å². The average Bonchev–Trinajstić information content (AvgIpc) is 3.31. The summed E-state index contributed by atoms with van der Waals surface area (Å²) < 4.78 is 2.53. The summed E-state index contributed by atoms with van der Waals surface area (Å²) in [4.78, 5) is 36.2. The highest BCUT2D eigenvalue weighted by Crippen LogP contribution is 2.19. The lowest BCUT2D eigenvalue weighted by Crippen LogP contribution is -2.39. The molecule has 1 aliphatic heterocycles. The molecule has 0 aromatic carbocycles. The minimum absolute atomic E-state index is 0.0465. The Morgan fingerprint density at radius 3 is 2.24 bits per heavy atom. The van der Waals surface area contributed by atoms with Crippen molar-refractivity contribution in [1.29, 1.82) is 0 Å². The summed E-state index contributed by atoms with van der Waals surface area (Å²) in [5.41, 5.74) is 0. The summed E-state index contributed by atoms with van der Waals surface area (Å²) in [6.07, 6.45) is -0.826. The molecule has 29 heavy (non-hydrogen) atoms. The molecular formula is C15H22N4O8S2. The molecule has 12 nitrogen and oxygen atoms in total. The van der Waals surface area contributed by atoms with Crippen LogP contribution in [0.3, 0.4) is 0 Å². The Kier molecular flexibility index (Phi) is 9.94. The number of aliphatic hydroxyl groups excluding tert-OH is 2. The maximum atomic E-state index is 10.8. The number of nitrogens with zero attached hydrogens (tertiary/aromatic N) is 4. The van der Waals surface area contributed by atoms with Gasteiger partial charge in [0.2, 0.25) is 0 Å². The monoisotopic (exact) mass is 450 g/mol. The molecule has 0 amide bonds. The lowest BCUT2D eigenvalue weighted by Gasteiger charge is -2.17. The van der Waals surface area contributed by atoms with Gasteiger partial charge in [0, 0.05) is 25.8 Å². The Hall–Kier alpha value is -2.29. The molecule has 2 rings (SSSR count). The highest BCUT2D eigenvalue weighted by atomic mass is 32.2. The zero-order valence-electron chi connectivity index (χ0n) is 15.5. The number of likely N-dealkylation sites (tertiary alicyclic amines) is 1. The molecular weight excluding hydrogens is 428 g/mol. The van der Waals surface area contributed by atoms with Crippen molar-refractivity contribution in [2.45, 2.75) is 38.5 Å². The first-order valence-electron chi connectivity index (χ1n) is 8.46. The van der Waals surface area contributed by atoms with Gasteiger partial charge in [-0.3, -0.25) is 0 Å². The molecule has 14 heteroatoms. The second-order valence-electron chi connectivity index (χ2n) is 5.95. The number of carboxylic acids is 2. The fourth-order valence-electron chi connectivity index (χ4n) is 2.36. The lowest BCUT2D eigenvalue weighted by atomic mass is 10.2. The van der Waals surface area contributed by atoms with Crippen molar-refractivity contribution in [3.63, 3.8) is 0 Å². The fraction of sp³-hybridized carbons (Fsp3) is 0.600. The second kappa shape index (κ2) is 11.6. The van der Waals surface area contributed by atoms with E-state index < -0.39 is 29.1 Å². The molecule has 2 unspecified atom stereocenters. The van der Waals surface area contributed by atoms with Crippen molar-refractivity contribution in [3.05, 3.63) is 22.1 Å². The number of thiocarbonyl (C=S) groups is 1. The van der Waals surface area contributed by atoms with E-state index in [1.807, 2.05) is 0 Å². The number of imidazole rings is 1. The van der Waals surface area contributed by atoms with Crippen LogP contribution in [0.1, 0.15) is 18.7 Å². The zero-order valence-corrected chi connectivity index (χ0v) is 17.1. The van der Waals surface area contributed by atoms with E-state index >= 15 is 0 Å². The van der Waals surface area contributed by atoms with E-state index in [4.69, 9.17) is 32.6 Å². The van der Waals surface area contributed by atoms with E-state index in [-0.39, 0.29) is 5.82 Å². The van der Waals surface area contributed by atoms with Crippen LogP contribution in [0.4, 0.5) is 5.82 Å². The summed E-state index contributed by atoms with van der Waals surface area (Å²) in [7, 11) is 0. The number of rotatable bonds is 7. The van der Waals surface area contributed by atoms with Crippen molar-refractivity contribution in [1.82, 2.24) is 14.5 Å². The summed E-state index contributed by atoms with van der Waals surface area (Å²) in [6, 6.07) is 0. The van der Waals surface area contributed by atoms with E-state index in [0.717, 1.165) is 23.2 Å². The second-order valence-corrected chi connectivity index (χ2v) is 7.68. The molecule has 2 heterocycles. The molecule has 0 radical (unpaired) electrons. The standard InChI is InChI=1S/C11H16N4O2S2.C4H6O6/c1-9-12-8-10(15(16)17)14(9)6-7-19-11(18)13-4-2-3-5-13;5-1(3(7)8)2(6)4(9)10/h8H,2-7H2,1H3;1-2,5-6H,(H,7,8)(H,9,10). The number of hydrogen-bond acceptors (Lipinski definition) is 9. The van der Waals surface area contributed by atoms with Crippen LogP contribution in [0.15, 0.2) is 6.20 Å². The van der Waals surface area contributed by atoms with E-state index in [1.54, 1.807) is 23.3 Å². The SMILES string of the molecule is Cc1ncc([N+](=O)[O-])n1CCSC(=S)N1CCCC1.O=C(O)C(O)C(O)C(=O)O. The van der Waals surface area contributed by atoms with Crippen LogP contribution in [-0.4, -0.2) is 87.1 Å². The molecule has 1 fully saturated rings. The van der Waals surface area contributed by atoms with Gasteiger partial charge in [0.1, 0.15) is 17.1 Å². The maximum Gasteiger partial charge on any atom is 0.342 e. The van der Waals surface area contributed by atoms with Gasteiger partial charge in [-0.15, -0.1) is 0 Å². The van der Waals surface area contributed by atoms with Gasteiger partial charge in [-0.2, -0.15) is 0 Å². The Bertz CT molecular complexity index is 733. The van der Waals surface area contributed by atoms with Crippen LogP contribution >= 0.6 is 24.0 Å². The number of aryl methyl sites for hydroxylation is 1. The van der Waals surface area contributed by atoms with Crippen molar-refractivity contribution in [2.75, 3.05) is 18.8 Å². The summed E-state index contributed by atoms with van der Waals surface area (Å²) in [6.45, 7) is 4.41. The quantitative estimate of drug-likeness (QED) is 0.250. The molecule has 4 N–H and O–H groups in total. The molecule has 0 spiro atoms. The number of thioether (sulfide) groups is 1. The first-order valence-corrected chi connectivity index (χ1v) is 9.85. The molecule has 0 saturated carbocycles. The normalized spacial score (nSPS) is 15.2. The van der Waals surface area contributed by atoms with Crippen LogP contribution in [0.5, 0.6) is 0 Å². The number of aromatic nitrogens is 2. The third-order valence-electron chi connectivity index (χ3n) is 3.93. The minimum Gasteiger partial charge on any atom is -0.479 e. The van der Waals surface area contributed by atoms with Crippen molar-refractivity contribution in [2.24, 2.45) is 0 Å². The third kappa shape index (κ3) is 7.56. The molecule has 0 bridgehead atoms. The summed E-state index contributed by atoms with van der Waals surface area (Å²) in [5, 5.41) is 43.4. The van der Waals surface area contributed by atoms with Gasteiger partial charge in [-0.05, 0) is 17.8 Å². The number of aliphatic hydroxyl groups is 2. The summed E-state index contributed by atoms with van der Waals surface area (Å²) >= 11 is 6.94. The van der Waals surface area contributed by atoms with Crippen LogP contribution in [-0.2, 0) is 16.1 Å². The smallest absolute Gasteiger partial charge is 0.342 e. The van der Waals surface area contributed by atoms with Gasteiger partial charge in [0.05, 0.1) is 0 Å². The van der Waals surface area contributed by atoms with Crippen molar-refractivity contribution in [3.8, 4) is 0 Å². The van der Waals surface area contributed by atoms with Gasteiger partial charge < -0.3 is 35.4 Å². The Morgan fingerprint density at radius 1 is 1.28 bits per heavy atom. The number of carboxylic acid groups (broad SMARTS) is 2. The van der Waals surface area contributed by atoms with Gasteiger partial charge in [-0.25, -0.2) is 19.1 Å². The van der Waals surface area contributed by atoms with Crippen molar-refractivity contribution >= 4 is 46.1 Å². The average molecular weight is 450 g/mol. The number of nitro groups is 1. The highest BCUT2D eigenvalue weighted by molar-refractivity contribution is 8.22. The number of carbonyl (C=O) groups is 2. The molecule has 1 aromatic heterocycles. The molecule has 2 atom stereocenters. The van der Waals surface area contributed by atoms with E-state index in [0.29, 0.717) is 12.4 Å². The first-order chi connectivity index (χ1) is 13.6. The van der Waals surface area contributed by atoms with Crippen LogP contribution in [0, 0.1) is 17.0 Å². The van der Waals surface area contributed by atoms with Crippen LogP contribution in [0.25, 0.3) is 0 Å². The topological polar surface area (TPSA) is 179 Å². The van der Waals surface area contributed by atoms with Gasteiger partial charge >= 0.3 is 17.8 Å². The third-order valence-corrected chi connectivity index (χ3v) is 5.43. The van der Waals surface area contributed by atoms with Gasteiger partial charge in [0.25, 0.3) is 0 Å². The lowest BCUT2D eigenvalue weighted by molar-refractivity contribution is -0.392. The molecule has 162 valence electrons. The van der Waals surface area contributed by atoms with Gasteiger partial charge in [-0.1, -0.05) is 24.0 Å². The molecule has 1 aliphatic rings. The first kappa shape index (κ1) is 24.7. The maximum absolute atomic E-state index is 10.8. The Balaban J connectivity index is 0.000000359. The Morgan fingerprint density at radius 2 is 1.79 bits per heavy atom. The van der Waals surface area contributed by atoms with E-state index in [9.17, 15) is 19.7 Å². The highest BCUT2D eigenvalue weighted by Gasteiger charge is 2.29. The molecule has 0 aliphatic carbocycles. The fourth-order valence-corrected chi connectivity index (χ4v) is 3.61. The Labute approximate surface area is 175 Å². The van der Waals surface area contributed by atoms with Crippen LogP contribution in [0.2, 0.25) is 0 Å². The molecule has 1 aromatic rings. The minimum atomic E-state index is -2.27. The largest absolute Gasteiger partial charge is 0.479 e. The molecule has 1 saturated heterocycles. The predicted molar refractivity (Wildman–Crippen MR) is 107 cm³/mol.